The summed E-state index contributed by atoms with van der Waals surface area (Å²) in [5.74, 6) is 0. The molecule has 0 bridgehead atoms. The first kappa shape index (κ1) is 24.0. The molecule has 3 aliphatic carbocycles. The van der Waals surface area contributed by atoms with Crippen LogP contribution in [0.1, 0.15) is 113 Å². The van der Waals surface area contributed by atoms with Gasteiger partial charge in [-0.3, -0.25) is 0 Å². The molecule has 0 aromatic heterocycles. The van der Waals surface area contributed by atoms with Crippen molar-refractivity contribution in [3.63, 3.8) is 0 Å². The van der Waals surface area contributed by atoms with Crippen LogP contribution in [0.5, 0.6) is 0 Å². The molecule has 3 rings (SSSR count). The minimum atomic E-state index is -0.0992. The maximum absolute atomic E-state index is 2.67. The Morgan fingerprint density at radius 3 is 1.62 bits per heavy atom. The van der Waals surface area contributed by atoms with E-state index in [4.69, 9.17) is 0 Å². The Bertz CT molecular complexity index is 545. The lowest BCUT2D eigenvalue weighted by Gasteiger charge is -2.49. The highest BCUT2D eigenvalue weighted by molar-refractivity contribution is 7.62. The lowest BCUT2D eigenvalue weighted by molar-refractivity contribution is 0.483. The van der Waals surface area contributed by atoms with E-state index in [1.54, 1.807) is 0 Å². The zero-order valence-corrected chi connectivity index (χ0v) is 22.3. The topological polar surface area (TPSA) is 0 Å². The van der Waals surface area contributed by atoms with Crippen molar-refractivity contribution in [1.82, 2.24) is 0 Å². The molecular formula is C27H48P2. The minimum Gasteiger partial charge on any atom is -0.0890 e. The SMILES string of the molecule is C[C@@H](C1=CC=CC1P(C1CCCCC1)C1CCCCC1)P(C(C)(C)C)C(C)(C)C. The lowest BCUT2D eigenvalue weighted by Crippen LogP contribution is -2.34. The quantitative estimate of drug-likeness (QED) is 0.378. The highest BCUT2D eigenvalue weighted by Crippen LogP contribution is 2.68. The van der Waals surface area contributed by atoms with Gasteiger partial charge in [-0.2, -0.15) is 0 Å². The van der Waals surface area contributed by atoms with Crippen molar-refractivity contribution in [2.24, 2.45) is 0 Å². The van der Waals surface area contributed by atoms with E-state index in [2.05, 4.69) is 66.7 Å². The number of allylic oxidation sites excluding steroid dienone is 4. The van der Waals surface area contributed by atoms with Crippen molar-refractivity contribution in [2.75, 3.05) is 0 Å². The summed E-state index contributed by atoms with van der Waals surface area (Å²) in [6, 6.07) is 0. The summed E-state index contributed by atoms with van der Waals surface area (Å²) in [4.78, 5) is 0. The minimum absolute atomic E-state index is 0.0889. The normalized spacial score (nSPS) is 26.4. The summed E-state index contributed by atoms with van der Waals surface area (Å²) < 4.78 is 0. The Morgan fingerprint density at radius 2 is 1.21 bits per heavy atom. The van der Waals surface area contributed by atoms with E-state index in [9.17, 15) is 0 Å². The second kappa shape index (κ2) is 9.86. The largest absolute Gasteiger partial charge is 0.0890 e. The average Bonchev–Trinajstić information content (AvgIpc) is 3.11. The van der Waals surface area contributed by atoms with Crippen molar-refractivity contribution in [2.45, 2.75) is 146 Å². The molecule has 2 heteroatoms. The van der Waals surface area contributed by atoms with E-state index in [1.807, 2.05) is 5.57 Å². The molecule has 0 N–H and O–H groups in total. The van der Waals surface area contributed by atoms with Gasteiger partial charge >= 0.3 is 0 Å². The third-order valence-electron chi connectivity index (χ3n) is 7.55. The molecule has 0 heterocycles. The lowest BCUT2D eigenvalue weighted by atomic mass is 9.99. The van der Waals surface area contributed by atoms with Gasteiger partial charge in [0.25, 0.3) is 0 Å². The van der Waals surface area contributed by atoms with Crippen LogP contribution in [0, 0.1) is 0 Å². The van der Waals surface area contributed by atoms with Crippen LogP contribution in [0.15, 0.2) is 23.8 Å². The number of hydrogen-bond donors (Lipinski definition) is 0. The van der Waals surface area contributed by atoms with Crippen LogP contribution in [-0.2, 0) is 0 Å². The number of hydrogen-bond acceptors (Lipinski definition) is 0. The van der Waals surface area contributed by atoms with Gasteiger partial charge in [0.2, 0.25) is 0 Å². The van der Waals surface area contributed by atoms with Gasteiger partial charge in [-0.25, -0.2) is 0 Å². The van der Waals surface area contributed by atoms with Crippen molar-refractivity contribution >= 4 is 15.8 Å². The molecule has 0 aromatic rings. The third kappa shape index (κ3) is 5.78. The van der Waals surface area contributed by atoms with Crippen LogP contribution >= 0.6 is 15.8 Å². The van der Waals surface area contributed by atoms with Gasteiger partial charge in [-0.15, -0.1) is 0 Å². The first-order chi connectivity index (χ1) is 13.6. The molecule has 0 spiro atoms. The van der Waals surface area contributed by atoms with E-state index in [1.165, 1.54) is 64.2 Å². The molecule has 2 saturated carbocycles. The summed E-state index contributed by atoms with van der Waals surface area (Å²) in [5.41, 5.74) is 5.45. The Kier molecular flexibility index (Phi) is 8.16. The highest BCUT2D eigenvalue weighted by atomic mass is 31.1. The molecule has 0 amide bonds. The predicted molar refractivity (Wildman–Crippen MR) is 138 cm³/mol. The van der Waals surface area contributed by atoms with E-state index >= 15 is 0 Å². The van der Waals surface area contributed by atoms with Gasteiger partial charge in [-0.1, -0.05) is 127 Å². The molecule has 166 valence electrons. The average molecular weight is 435 g/mol. The van der Waals surface area contributed by atoms with Crippen LogP contribution < -0.4 is 0 Å². The van der Waals surface area contributed by atoms with E-state index in [-0.39, 0.29) is 15.8 Å². The molecule has 0 nitrogen and oxygen atoms in total. The summed E-state index contributed by atoms with van der Waals surface area (Å²) in [6.45, 7) is 17.6. The first-order valence-electron chi connectivity index (χ1n) is 12.6. The predicted octanol–water partition coefficient (Wildman–Crippen LogP) is 9.47. The maximum Gasteiger partial charge on any atom is 0.0197 e. The van der Waals surface area contributed by atoms with E-state index in [0.29, 0.717) is 10.3 Å². The molecule has 2 atom stereocenters. The van der Waals surface area contributed by atoms with Gasteiger partial charge in [0.05, 0.1) is 0 Å². The Hall–Kier alpha value is 0.340. The molecule has 2 fully saturated rings. The van der Waals surface area contributed by atoms with Gasteiger partial charge in [0, 0.05) is 5.66 Å². The van der Waals surface area contributed by atoms with Crippen LogP contribution in [0.25, 0.3) is 0 Å². The Labute approximate surface area is 185 Å². The summed E-state index contributed by atoms with van der Waals surface area (Å²) in [6.07, 6.45) is 22.8. The van der Waals surface area contributed by atoms with Crippen LogP contribution in [0.4, 0.5) is 0 Å². The second-order valence-corrected chi connectivity index (χ2v) is 19.0. The molecule has 0 aromatic carbocycles. The first-order valence-corrected chi connectivity index (χ1v) is 15.5. The molecule has 1 unspecified atom stereocenters. The molecule has 3 aliphatic rings. The number of rotatable bonds is 5. The second-order valence-electron chi connectivity index (χ2n) is 11.9. The smallest absolute Gasteiger partial charge is 0.0197 e. The third-order valence-corrected chi connectivity index (χ3v) is 15.3. The van der Waals surface area contributed by atoms with E-state index in [0.717, 1.165) is 22.6 Å². The fourth-order valence-electron chi connectivity index (χ4n) is 6.97. The molecule has 29 heavy (non-hydrogen) atoms. The highest BCUT2D eigenvalue weighted by Gasteiger charge is 2.44. The van der Waals surface area contributed by atoms with Crippen molar-refractivity contribution in [3.05, 3.63) is 23.8 Å². The van der Waals surface area contributed by atoms with Crippen molar-refractivity contribution < 1.29 is 0 Å². The zero-order chi connectivity index (χ0) is 21.2. The Morgan fingerprint density at radius 1 is 0.759 bits per heavy atom. The van der Waals surface area contributed by atoms with Crippen LogP contribution in [0.3, 0.4) is 0 Å². The Balaban J connectivity index is 1.89. The van der Waals surface area contributed by atoms with E-state index < -0.39 is 0 Å². The van der Waals surface area contributed by atoms with Crippen LogP contribution in [-0.4, -0.2) is 32.9 Å². The van der Waals surface area contributed by atoms with Gasteiger partial charge in [-0.05, 0) is 53.0 Å². The van der Waals surface area contributed by atoms with Gasteiger partial charge in [0.15, 0.2) is 0 Å². The summed E-state index contributed by atoms with van der Waals surface area (Å²) in [7, 11) is -0.0103. The monoisotopic (exact) mass is 434 g/mol. The molecule has 0 radical (unpaired) electrons. The standard InChI is InChI=1S/C27H48P2/c1-21(29(26(2,3)4)27(5,6)7)24-19-14-20-25(24)28(22-15-10-8-11-16-22)23-17-12-9-13-18-23/h14,19-23,25H,8-13,15-18H2,1-7H3/t21-,25?/m0/s1. The fraction of sp³-hybridized carbons (Fsp3) is 0.852. The molecular weight excluding hydrogens is 386 g/mol. The maximum atomic E-state index is 2.67. The fourth-order valence-corrected chi connectivity index (χ4v) is 16.3. The van der Waals surface area contributed by atoms with Crippen molar-refractivity contribution in [1.29, 1.82) is 0 Å². The van der Waals surface area contributed by atoms with Crippen molar-refractivity contribution in [3.8, 4) is 0 Å². The van der Waals surface area contributed by atoms with Gasteiger partial charge < -0.3 is 0 Å². The molecule has 0 aliphatic heterocycles. The van der Waals surface area contributed by atoms with Crippen LogP contribution in [0.2, 0.25) is 0 Å². The molecule has 0 saturated heterocycles. The summed E-state index contributed by atoms with van der Waals surface area (Å²) >= 11 is 0. The summed E-state index contributed by atoms with van der Waals surface area (Å²) in [5, 5.41) is 0.804. The zero-order valence-electron chi connectivity index (χ0n) is 20.5. The van der Waals surface area contributed by atoms with Gasteiger partial charge in [0.1, 0.15) is 0 Å².